The molecule has 6 rings (SSSR count). The summed E-state index contributed by atoms with van der Waals surface area (Å²) in [5.74, 6) is -0.318. The standard InChI is InChI=1S/C21H23F2N9O11P2/c22-10-8(3-33)40-20(32-6-28-13-17(32)29-21(25)30-18(13)34)15(10)43-45(37,38)39-4-9-14(42-44(35)36)11(23)19(41-9)31-5-27-12-7(24)1-2-26-16(12)31/h1-2,5-6,8-11,14-15,19-20,33H,3-4H2,(H6-,24,25,26,29,30,34,35,36,37,38)/p+1/t8-,9-,10+,11?,14+,15?,19-,20-/m1/s1. The Balaban J connectivity index is 1.22. The van der Waals surface area contributed by atoms with E-state index in [0.29, 0.717) is 0 Å². The molecule has 2 saturated heterocycles. The predicted octanol–water partition coefficient (Wildman–Crippen LogP) is -0.271. The number of phosphoric acid groups is 1. The van der Waals surface area contributed by atoms with Gasteiger partial charge in [-0.25, -0.2) is 28.3 Å². The van der Waals surface area contributed by atoms with Crippen molar-refractivity contribution in [3.8, 4) is 0 Å². The molecule has 0 spiro atoms. The maximum atomic E-state index is 15.6. The van der Waals surface area contributed by atoms with Crippen molar-refractivity contribution >= 4 is 50.0 Å². The van der Waals surface area contributed by atoms with Crippen molar-refractivity contribution in [2.24, 2.45) is 0 Å². The fourth-order valence-corrected chi connectivity index (χ4v) is 6.47. The van der Waals surface area contributed by atoms with Crippen LogP contribution in [0.4, 0.5) is 20.4 Å². The molecular formula is C21H24F2N9O11P2+. The van der Waals surface area contributed by atoms with Crippen LogP contribution in [0.5, 0.6) is 0 Å². The molecule has 10 atom stereocenters. The van der Waals surface area contributed by atoms with Crippen LogP contribution in [0.1, 0.15) is 12.5 Å². The molecule has 0 aromatic carbocycles. The lowest BCUT2D eigenvalue weighted by atomic mass is 10.1. The predicted molar refractivity (Wildman–Crippen MR) is 145 cm³/mol. The summed E-state index contributed by atoms with van der Waals surface area (Å²) in [7, 11) is -8.66. The van der Waals surface area contributed by atoms with E-state index in [1.54, 1.807) is 0 Å². The number of aromatic nitrogens is 7. The van der Waals surface area contributed by atoms with E-state index < -0.39 is 84.1 Å². The van der Waals surface area contributed by atoms with Gasteiger partial charge in [-0.05, 0) is 6.07 Å². The van der Waals surface area contributed by atoms with E-state index in [1.807, 2.05) is 0 Å². The summed E-state index contributed by atoms with van der Waals surface area (Å²) >= 11 is 0. The molecule has 8 N–H and O–H groups in total. The molecule has 0 radical (unpaired) electrons. The maximum Gasteiger partial charge on any atom is 0.695 e. The van der Waals surface area contributed by atoms with E-state index >= 15 is 8.78 Å². The number of imidazole rings is 2. The van der Waals surface area contributed by atoms with Gasteiger partial charge < -0.3 is 30.9 Å². The Morgan fingerprint density at radius 3 is 2.44 bits per heavy atom. The second kappa shape index (κ2) is 12.0. The van der Waals surface area contributed by atoms with E-state index in [2.05, 4.69) is 24.9 Å². The number of nitrogens with one attached hydrogen (secondary N) is 1. The first-order valence-corrected chi connectivity index (χ1v) is 15.5. The Bertz CT molecular complexity index is 1860. The van der Waals surface area contributed by atoms with E-state index in [0.717, 1.165) is 15.5 Å². The monoisotopic (exact) mass is 678 g/mol. The lowest BCUT2D eigenvalue weighted by Crippen LogP contribution is -2.34. The van der Waals surface area contributed by atoms with Crippen LogP contribution < -0.4 is 17.0 Å². The number of phosphoric ester groups is 1. The molecular weight excluding hydrogens is 654 g/mol. The zero-order valence-electron chi connectivity index (χ0n) is 22.4. The number of ether oxygens (including phenoxy) is 2. The molecule has 4 aromatic rings. The molecule has 24 heteroatoms. The molecule has 2 aliphatic rings. The van der Waals surface area contributed by atoms with Crippen molar-refractivity contribution in [1.29, 1.82) is 0 Å². The maximum absolute atomic E-state index is 15.6. The number of nitrogen functional groups attached to an aromatic ring is 2. The summed E-state index contributed by atoms with van der Waals surface area (Å²) in [4.78, 5) is 50.3. The molecule has 0 aliphatic carbocycles. The minimum absolute atomic E-state index is 0.109. The number of nitrogens with two attached hydrogens (primary N) is 2. The number of halogens is 2. The second-order valence-corrected chi connectivity index (χ2v) is 11.9. The van der Waals surface area contributed by atoms with Crippen molar-refractivity contribution in [2.45, 2.75) is 49.2 Å². The van der Waals surface area contributed by atoms with Gasteiger partial charge in [0.05, 0.1) is 31.6 Å². The topological polar surface area (TPSA) is 287 Å². The third kappa shape index (κ3) is 5.81. The molecule has 4 unspecified atom stereocenters. The highest BCUT2D eigenvalue weighted by Crippen LogP contribution is 2.51. The van der Waals surface area contributed by atoms with E-state index in [9.17, 15) is 28.8 Å². The van der Waals surface area contributed by atoms with Gasteiger partial charge in [-0.3, -0.25) is 28.0 Å². The highest BCUT2D eigenvalue weighted by molar-refractivity contribution is 7.47. The Kier molecular flexibility index (Phi) is 8.37. The summed E-state index contributed by atoms with van der Waals surface area (Å²) in [6.07, 6.45) is -10.9. The van der Waals surface area contributed by atoms with Crippen LogP contribution in [-0.4, -0.2) is 98.9 Å². The first-order chi connectivity index (χ1) is 21.4. The number of nitrogens with zero attached hydrogens (tertiary/aromatic N) is 6. The quantitative estimate of drug-likeness (QED) is 0.118. The van der Waals surface area contributed by atoms with Gasteiger partial charge >= 0.3 is 16.1 Å². The van der Waals surface area contributed by atoms with Crippen LogP contribution >= 0.6 is 16.1 Å². The van der Waals surface area contributed by atoms with Gasteiger partial charge in [0.15, 0.2) is 47.7 Å². The van der Waals surface area contributed by atoms with Crippen molar-refractivity contribution in [1.82, 2.24) is 34.1 Å². The Morgan fingerprint density at radius 2 is 1.73 bits per heavy atom. The van der Waals surface area contributed by atoms with Crippen LogP contribution in [-0.2, 0) is 32.2 Å². The van der Waals surface area contributed by atoms with Crippen molar-refractivity contribution in [3.63, 3.8) is 0 Å². The number of H-pyrrole nitrogens is 1. The Labute approximate surface area is 249 Å². The molecule has 45 heavy (non-hydrogen) atoms. The van der Waals surface area contributed by atoms with E-state index in [-0.39, 0.29) is 34.0 Å². The number of aliphatic hydroxyl groups is 1. The average Bonchev–Trinajstić information content (AvgIpc) is 3.73. The fourth-order valence-electron chi connectivity index (χ4n) is 5.08. The third-order valence-electron chi connectivity index (χ3n) is 7.07. The Morgan fingerprint density at radius 1 is 1.04 bits per heavy atom. The molecule has 2 aliphatic heterocycles. The van der Waals surface area contributed by atoms with Gasteiger partial charge in [0.1, 0.15) is 23.8 Å². The van der Waals surface area contributed by atoms with E-state index in [1.165, 1.54) is 18.6 Å². The summed E-state index contributed by atoms with van der Waals surface area (Å²) < 4.78 is 83.6. The number of aliphatic hydroxyl groups excluding tert-OH is 1. The van der Waals surface area contributed by atoms with Gasteiger partial charge in [-0.2, -0.15) is 4.98 Å². The molecule has 20 nitrogen and oxygen atoms in total. The highest BCUT2D eigenvalue weighted by atomic mass is 31.2. The van der Waals surface area contributed by atoms with Crippen molar-refractivity contribution < 1.29 is 55.8 Å². The molecule has 0 bridgehead atoms. The third-order valence-corrected chi connectivity index (χ3v) is 8.48. The largest absolute Gasteiger partial charge is 0.695 e. The first kappa shape index (κ1) is 31.4. The SMILES string of the molecule is Nc1nc2c(ncn2[C@@H]2O[C@H](CO)[C@H](F)C2OP(=O)(O)OC[C@H]2O[C@@H](n3cnc4c(N)ccnc43)C(F)[C@H]2O[P+](=O)O)c(=O)[nH]1. The summed E-state index contributed by atoms with van der Waals surface area (Å²) in [5.41, 5.74) is 10.9. The average molecular weight is 678 g/mol. The van der Waals surface area contributed by atoms with Gasteiger partial charge in [0.2, 0.25) is 5.95 Å². The summed E-state index contributed by atoms with van der Waals surface area (Å²) in [6, 6.07) is 1.46. The smallest absolute Gasteiger partial charge is 0.397 e. The van der Waals surface area contributed by atoms with E-state index in [4.69, 9.17) is 34.5 Å². The fraction of sp³-hybridized carbons (Fsp3) is 0.476. The second-order valence-electron chi connectivity index (χ2n) is 9.84. The summed E-state index contributed by atoms with van der Waals surface area (Å²) in [5, 5.41) is 9.60. The molecule has 242 valence electrons. The molecule has 0 amide bonds. The molecule has 4 aromatic heterocycles. The van der Waals surface area contributed by atoms with Crippen LogP contribution in [0, 0.1) is 0 Å². The van der Waals surface area contributed by atoms with Crippen LogP contribution in [0.3, 0.4) is 0 Å². The number of aromatic amines is 1. The number of anilines is 2. The number of pyridine rings is 1. The minimum Gasteiger partial charge on any atom is -0.397 e. The van der Waals surface area contributed by atoms with Gasteiger partial charge in [0.25, 0.3) is 5.56 Å². The number of fused-ring (bicyclic) bond motifs is 2. The van der Waals surface area contributed by atoms with Gasteiger partial charge in [-0.1, -0.05) is 0 Å². The number of rotatable bonds is 10. The molecule has 0 saturated carbocycles. The first-order valence-electron chi connectivity index (χ1n) is 12.9. The number of alkyl halides is 2. The molecule has 6 heterocycles. The number of hydrogen-bond donors (Lipinski definition) is 6. The van der Waals surface area contributed by atoms with Crippen LogP contribution in [0.15, 0.2) is 29.7 Å². The number of hydrogen-bond acceptors (Lipinski definition) is 15. The lowest BCUT2D eigenvalue weighted by molar-refractivity contribution is -0.0589. The van der Waals surface area contributed by atoms with Crippen LogP contribution in [0.2, 0.25) is 0 Å². The lowest BCUT2D eigenvalue weighted by Gasteiger charge is -2.24. The highest BCUT2D eigenvalue weighted by Gasteiger charge is 2.54. The normalized spacial score (nSPS) is 30.3. The minimum atomic E-state index is -5.28. The van der Waals surface area contributed by atoms with Gasteiger partial charge in [0, 0.05) is 10.8 Å². The van der Waals surface area contributed by atoms with Crippen molar-refractivity contribution in [2.75, 3.05) is 24.7 Å². The summed E-state index contributed by atoms with van der Waals surface area (Å²) in [6.45, 7) is -1.82. The van der Waals surface area contributed by atoms with Gasteiger partial charge in [-0.15, -0.1) is 9.42 Å². The van der Waals surface area contributed by atoms with Crippen LogP contribution in [0.25, 0.3) is 22.3 Å². The Hall–Kier alpha value is -3.56. The zero-order valence-corrected chi connectivity index (χ0v) is 24.2. The molecule has 2 fully saturated rings. The van der Waals surface area contributed by atoms with Crippen molar-refractivity contribution in [3.05, 3.63) is 35.3 Å². The zero-order chi connectivity index (χ0) is 32.2.